The van der Waals surface area contributed by atoms with Crippen LogP contribution >= 0.6 is 27.5 Å². The molecule has 1 rings (SSSR count). The maximum absolute atomic E-state index is 11.4. The molecule has 0 aliphatic heterocycles. The molecular formula is C11H12BrClO3. The topological polar surface area (TPSA) is 35.5 Å². The van der Waals surface area contributed by atoms with Crippen molar-refractivity contribution in [2.45, 2.75) is 26.4 Å². The Bertz CT molecular complexity index is 399. The van der Waals surface area contributed by atoms with E-state index >= 15 is 0 Å². The molecule has 1 aromatic rings. The van der Waals surface area contributed by atoms with Gasteiger partial charge in [-0.05, 0) is 48.8 Å². The van der Waals surface area contributed by atoms with Crippen molar-refractivity contribution in [3.8, 4) is 5.75 Å². The predicted octanol–water partition coefficient (Wildman–Crippen LogP) is 4.42. The lowest BCUT2D eigenvalue weighted by Gasteiger charge is -2.18. The summed E-state index contributed by atoms with van der Waals surface area (Å²) in [6.45, 7) is 5.30. The van der Waals surface area contributed by atoms with E-state index in [9.17, 15) is 4.79 Å². The Morgan fingerprint density at radius 3 is 2.56 bits per heavy atom. The zero-order chi connectivity index (χ0) is 12.3. The van der Waals surface area contributed by atoms with Crippen LogP contribution in [0.4, 0.5) is 4.79 Å². The van der Waals surface area contributed by atoms with Crippen LogP contribution in [0.15, 0.2) is 22.7 Å². The monoisotopic (exact) mass is 306 g/mol. The Morgan fingerprint density at radius 2 is 2.00 bits per heavy atom. The van der Waals surface area contributed by atoms with Crippen molar-refractivity contribution in [3.05, 3.63) is 27.7 Å². The number of ether oxygens (including phenoxy) is 2. The minimum absolute atomic E-state index is 0.335. The van der Waals surface area contributed by atoms with Crippen LogP contribution in [0.1, 0.15) is 20.8 Å². The third-order valence-corrected chi connectivity index (χ3v) is 2.37. The van der Waals surface area contributed by atoms with Gasteiger partial charge in [0.05, 0.1) is 4.47 Å². The van der Waals surface area contributed by atoms with Gasteiger partial charge in [-0.1, -0.05) is 11.6 Å². The van der Waals surface area contributed by atoms with Crippen molar-refractivity contribution in [2.24, 2.45) is 0 Å². The molecule has 0 aromatic heterocycles. The molecule has 88 valence electrons. The second-order valence-electron chi connectivity index (χ2n) is 4.14. The molecule has 0 aliphatic rings. The van der Waals surface area contributed by atoms with E-state index in [-0.39, 0.29) is 0 Å². The van der Waals surface area contributed by atoms with Gasteiger partial charge in [0.2, 0.25) is 0 Å². The van der Waals surface area contributed by atoms with E-state index < -0.39 is 11.8 Å². The normalized spacial score (nSPS) is 11.1. The SMILES string of the molecule is CC(C)(C)OC(=O)Oc1cc(Cl)ccc1Br. The van der Waals surface area contributed by atoms with Crippen molar-refractivity contribution >= 4 is 33.7 Å². The highest BCUT2D eigenvalue weighted by molar-refractivity contribution is 9.10. The first-order chi connectivity index (χ1) is 7.28. The van der Waals surface area contributed by atoms with Gasteiger partial charge in [0.1, 0.15) is 11.4 Å². The second kappa shape index (κ2) is 5.06. The number of halogens is 2. The van der Waals surface area contributed by atoms with Crippen molar-refractivity contribution in [2.75, 3.05) is 0 Å². The van der Waals surface area contributed by atoms with E-state index in [1.807, 2.05) is 0 Å². The van der Waals surface area contributed by atoms with Crippen LogP contribution in [-0.4, -0.2) is 11.8 Å². The Kier molecular flexibility index (Phi) is 4.21. The van der Waals surface area contributed by atoms with Gasteiger partial charge in [-0.2, -0.15) is 0 Å². The summed E-state index contributed by atoms with van der Waals surface area (Å²) in [7, 11) is 0. The number of hydrogen-bond donors (Lipinski definition) is 0. The first-order valence-electron chi connectivity index (χ1n) is 4.64. The van der Waals surface area contributed by atoms with Crippen molar-refractivity contribution in [1.29, 1.82) is 0 Å². The zero-order valence-electron chi connectivity index (χ0n) is 9.21. The molecule has 0 saturated heterocycles. The van der Waals surface area contributed by atoms with Gasteiger partial charge in [-0.15, -0.1) is 0 Å². The molecular weight excluding hydrogens is 295 g/mol. The molecule has 1 aromatic carbocycles. The molecule has 0 spiro atoms. The average Bonchev–Trinajstić information content (AvgIpc) is 2.08. The molecule has 5 heteroatoms. The third-order valence-electron chi connectivity index (χ3n) is 1.48. The first kappa shape index (κ1) is 13.3. The van der Waals surface area contributed by atoms with Gasteiger partial charge < -0.3 is 9.47 Å². The number of benzene rings is 1. The number of carbonyl (C=O) groups excluding carboxylic acids is 1. The summed E-state index contributed by atoms with van der Waals surface area (Å²) < 4.78 is 10.7. The average molecular weight is 308 g/mol. The molecule has 0 N–H and O–H groups in total. The minimum atomic E-state index is -0.754. The van der Waals surface area contributed by atoms with Crippen LogP contribution in [0.3, 0.4) is 0 Å². The molecule has 0 atom stereocenters. The molecule has 3 nitrogen and oxygen atoms in total. The highest BCUT2D eigenvalue weighted by Crippen LogP contribution is 2.28. The highest BCUT2D eigenvalue weighted by atomic mass is 79.9. The van der Waals surface area contributed by atoms with E-state index in [0.717, 1.165) is 0 Å². The van der Waals surface area contributed by atoms with E-state index in [2.05, 4.69) is 15.9 Å². The lowest BCUT2D eigenvalue weighted by molar-refractivity contribution is 0.0205. The van der Waals surface area contributed by atoms with Gasteiger partial charge in [0.25, 0.3) is 0 Å². The maximum atomic E-state index is 11.4. The quantitative estimate of drug-likeness (QED) is 0.569. The largest absolute Gasteiger partial charge is 0.514 e. The summed E-state index contributed by atoms with van der Waals surface area (Å²) in [6, 6.07) is 4.92. The first-order valence-corrected chi connectivity index (χ1v) is 5.81. The van der Waals surface area contributed by atoms with E-state index in [0.29, 0.717) is 15.2 Å². The summed E-state index contributed by atoms with van der Waals surface area (Å²) in [4.78, 5) is 11.4. The Labute approximate surface area is 108 Å². The number of hydrogen-bond acceptors (Lipinski definition) is 3. The molecule has 16 heavy (non-hydrogen) atoms. The molecule has 0 unspecified atom stereocenters. The molecule has 0 heterocycles. The summed E-state index contributed by atoms with van der Waals surface area (Å²) in [6.07, 6.45) is -0.754. The molecule has 0 bridgehead atoms. The number of carbonyl (C=O) groups is 1. The van der Waals surface area contributed by atoms with Crippen molar-refractivity contribution in [1.82, 2.24) is 0 Å². The Balaban J connectivity index is 2.73. The van der Waals surface area contributed by atoms with Crippen LogP contribution in [-0.2, 0) is 4.74 Å². The summed E-state index contributed by atoms with van der Waals surface area (Å²) in [5, 5.41) is 0.488. The third kappa shape index (κ3) is 4.41. The van der Waals surface area contributed by atoms with Crippen LogP contribution < -0.4 is 4.74 Å². The van der Waals surface area contributed by atoms with Crippen molar-refractivity contribution < 1.29 is 14.3 Å². The molecule has 0 saturated carbocycles. The second-order valence-corrected chi connectivity index (χ2v) is 5.43. The van der Waals surface area contributed by atoms with E-state index in [1.165, 1.54) is 6.07 Å². The minimum Gasteiger partial charge on any atom is -0.428 e. The molecule has 0 fully saturated rings. The standard InChI is InChI=1S/C11H12BrClO3/c1-11(2,3)16-10(14)15-9-6-7(13)4-5-8(9)12/h4-6H,1-3H3. The number of rotatable bonds is 1. The zero-order valence-corrected chi connectivity index (χ0v) is 11.6. The summed E-state index contributed by atoms with van der Waals surface area (Å²) in [5.74, 6) is 0.335. The highest BCUT2D eigenvalue weighted by Gasteiger charge is 2.18. The Hall–Kier alpha value is -0.740. The van der Waals surface area contributed by atoms with Crippen molar-refractivity contribution in [3.63, 3.8) is 0 Å². The lowest BCUT2D eigenvalue weighted by atomic mass is 10.2. The molecule has 0 amide bonds. The van der Waals surface area contributed by atoms with Gasteiger partial charge in [0, 0.05) is 11.1 Å². The predicted molar refractivity (Wildman–Crippen MR) is 66.0 cm³/mol. The summed E-state index contributed by atoms with van der Waals surface area (Å²) >= 11 is 9.03. The van der Waals surface area contributed by atoms with Gasteiger partial charge in [-0.25, -0.2) is 4.79 Å². The van der Waals surface area contributed by atoms with E-state index in [4.69, 9.17) is 21.1 Å². The molecule has 0 radical (unpaired) electrons. The molecule has 0 aliphatic carbocycles. The van der Waals surface area contributed by atoms with Crippen LogP contribution in [0.5, 0.6) is 5.75 Å². The van der Waals surface area contributed by atoms with Crippen LogP contribution in [0, 0.1) is 0 Å². The van der Waals surface area contributed by atoms with Gasteiger partial charge in [-0.3, -0.25) is 0 Å². The summed E-state index contributed by atoms with van der Waals surface area (Å²) in [5.41, 5.74) is -0.581. The smallest absolute Gasteiger partial charge is 0.428 e. The maximum Gasteiger partial charge on any atom is 0.514 e. The fourth-order valence-corrected chi connectivity index (χ4v) is 1.41. The fourth-order valence-electron chi connectivity index (χ4n) is 0.916. The van der Waals surface area contributed by atoms with E-state index in [1.54, 1.807) is 32.9 Å². The lowest BCUT2D eigenvalue weighted by Crippen LogP contribution is -2.26. The van der Waals surface area contributed by atoms with Gasteiger partial charge in [0.15, 0.2) is 0 Å². The van der Waals surface area contributed by atoms with Gasteiger partial charge >= 0.3 is 6.16 Å². The van der Waals surface area contributed by atoms with Crippen LogP contribution in [0.2, 0.25) is 5.02 Å². The Morgan fingerprint density at radius 1 is 1.38 bits per heavy atom. The fraction of sp³-hybridized carbons (Fsp3) is 0.364. The van der Waals surface area contributed by atoms with Crippen LogP contribution in [0.25, 0.3) is 0 Å².